The van der Waals surface area contributed by atoms with Gasteiger partial charge in [-0.3, -0.25) is 0 Å². The summed E-state index contributed by atoms with van der Waals surface area (Å²) in [5.74, 6) is 0. The third kappa shape index (κ3) is 3.73. The van der Waals surface area contributed by atoms with Gasteiger partial charge in [0.05, 0.1) is 6.04 Å². The predicted molar refractivity (Wildman–Crippen MR) is 88.6 cm³/mol. The van der Waals surface area contributed by atoms with Crippen LogP contribution in [0.5, 0.6) is 0 Å². The minimum absolute atomic E-state index is 0.0699. The zero-order chi connectivity index (χ0) is 13.8. The van der Waals surface area contributed by atoms with Crippen molar-refractivity contribution in [3.63, 3.8) is 0 Å². The molecule has 5 heteroatoms. The third-order valence-electron chi connectivity index (χ3n) is 2.77. The number of nitrogens with one attached hydrogen (secondary N) is 1. The van der Waals surface area contributed by atoms with E-state index in [9.17, 15) is 0 Å². The molecule has 0 amide bonds. The van der Waals surface area contributed by atoms with Crippen molar-refractivity contribution in [2.75, 3.05) is 6.54 Å². The predicted octanol–water partition coefficient (Wildman–Crippen LogP) is 5.91. The van der Waals surface area contributed by atoms with E-state index in [0.717, 1.165) is 28.0 Å². The SMILES string of the molecule is CCCNC(c1cc(Cl)ccc1Cl)c1sccc1Br. The van der Waals surface area contributed by atoms with Crippen LogP contribution in [0.2, 0.25) is 10.0 Å². The van der Waals surface area contributed by atoms with Gasteiger partial charge >= 0.3 is 0 Å². The Morgan fingerprint density at radius 1 is 1.32 bits per heavy atom. The van der Waals surface area contributed by atoms with Crippen molar-refractivity contribution >= 4 is 50.5 Å². The standard InChI is InChI=1S/C14H14BrCl2NS/c1-2-6-18-13(14-11(15)5-7-19-14)10-8-9(16)3-4-12(10)17/h3-5,7-8,13,18H,2,6H2,1H3. The maximum absolute atomic E-state index is 6.33. The van der Waals surface area contributed by atoms with E-state index in [4.69, 9.17) is 23.2 Å². The summed E-state index contributed by atoms with van der Waals surface area (Å²) in [5, 5.41) is 7.04. The number of hydrogen-bond donors (Lipinski definition) is 1. The lowest BCUT2D eigenvalue weighted by Crippen LogP contribution is -2.23. The second-order valence-corrected chi connectivity index (χ2v) is 6.83. The van der Waals surface area contributed by atoms with E-state index in [1.54, 1.807) is 11.3 Å². The van der Waals surface area contributed by atoms with Gasteiger partial charge < -0.3 is 5.32 Å². The van der Waals surface area contributed by atoms with Crippen LogP contribution in [0.25, 0.3) is 0 Å². The highest BCUT2D eigenvalue weighted by Crippen LogP contribution is 2.37. The van der Waals surface area contributed by atoms with Gasteiger partial charge in [-0.1, -0.05) is 30.1 Å². The van der Waals surface area contributed by atoms with Gasteiger partial charge in [-0.25, -0.2) is 0 Å². The van der Waals surface area contributed by atoms with Gasteiger partial charge in [-0.2, -0.15) is 0 Å². The maximum Gasteiger partial charge on any atom is 0.0697 e. The molecular formula is C14H14BrCl2NS. The topological polar surface area (TPSA) is 12.0 Å². The molecule has 0 saturated carbocycles. The Morgan fingerprint density at radius 3 is 2.74 bits per heavy atom. The zero-order valence-electron chi connectivity index (χ0n) is 10.4. The van der Waals surface area contributed by atoms with E-state index < -0.39 is 0 Å². The monoisotopic (exact) mass is 377 g/mol. The van der Waals surface area contributed by atoms with Crippen molar-refractivity contribution in [3.05, 3.63) is 54.6 Å². The molecule has 2 rings (SSSR count). The Hall–Kier alpha value is -0.0600. The Kier molecular flexibility index (Phi) is 5.72. The number of halogens is 3. The number of thiophene rings is 1. The molecule has 1 nitrogen and oxygen atoms in total. The molecule has 0 spiro atoms. The van der Waals surface area contributed by atoms with Crippen LogP contribution >= 0.6 is 50.5 Å². The summed E-state index contributed by atoms with van der Waals surface area (Å²) in [5.41, 5.74) is 1.02. The van der Waals surface area contributed by atoms with Gasteiger partial charge in [0.1, 0.15) is 0 Å². The van der Waals surface area contributed by atoms with Gasteiger partial charge in [0.15, 0.2) is 0 Å². The van der Waals surface area contributed by atoms with Gasteiger partial charge in [-0.05, 0) is 64.1 Å². The summed E-state index contributed by atoms with van der Waals surface area (Å²) in [4.78, 5) is 1.22. The summed E-state index contributed by atoms with van der Waals surface area (Å²) >= 11 is 17.7. The first kappa shape index (κ1) is 15.3. The highest BCUT2D eigenvalue weighted by molar-refractivity contribution is 9.10. The Labute approximate surface area is 136 Å². The second kappa shape index (κ2) is 7.09. The lowest BCUT2D eigenvalue weighted by molar-refractivity contribution is 0.604. The average Bonchev–Trinajstić information content (AvgIpc) is 2.80. The van der Waals surface area contributed by atoms with E-state index in [-0.39, 0.29) is 6.04 Å². The van der Waals surface area contributed by atoms with Crippen molar-refractivity contribution in [2.45, 2.75) is 19.4 Å². The summed E-state index contributed by atoms with van der Waals surface area (Å²) < 4.78 is 1.10. The molecule has 0 aliphatic heterocycles. The van der Waals surface area contributed by atoms with E-state index in [1.807, 2.05) is 18.2 Å². The van der Waals surface area contributed by atoms with E-state index in [0.29, 0.717) is 5.02 Å². The van der Waals surface area contributed by atoms with Crippen molar-refractivity contribution in [3.8, 4) is 0 Å². The summed E-state index contributed by atoms with van der Waals surface area (Å²) in [7, 11) is 0. The molecule has 1 N–H and O–H groups in total. The molecule has 1 heterocycles. The van der Waals surface area contributed by atoms with Crippen molar-refractivity contribution in [1.29, 1.82) is 0 Å². The van der Waals surface area contributed by atoms with Crippen molar-refractivity contribution in [2.24, 2.45) is 0 Å². The number of rotatable bonds is 5. The van der Waals surface area contributed by atoms with Crippen LogP contribution in [0.4, 0.5) is 0 Å². The summed E-state index contributed by atoms with van der Waals surface area (Å²) in [6, 6.07) is 7.72. The molecule has 19 heavy (non-hydrogen) atoms. The fraction of sp³-hybridized carbons (Fsp3) is 0.286. The third-order valence-corrected chi connectivity index (χ3v) is 5.29. The van der Waals surface area contributed by atoms with Crippen molar-refractivity contribution in [1.82, 2.24) is 5.32 Å². The minimum atomic E-state index is 0.0699. The zero-order valence-corrected chi connectivity index (χ0v) is 14.3. The molecule has 1 unspecified atom stereocenters. The first-order valence-corrected chi connectivity index (χ1v) is 8.47. The molecule has 102 valence electrons. The second-order valence-electron chi connectivity index (χ2n) is 4.19. The molecule has 0 aliphatic rings. The van der Waals surface area contributed by atoms with Crippen LogP contribution in [0.1, 0.15) is 29.8 Å². The van der Waals surface area contributed by atoms with Crippen LogP contribution in [-0.4, -0.2) is 6.54 Å². The molecular weight excluding hydrogens is 365 g/mol. The van der Waals surface area contributed by atoms with Crippen molar-refractivity contribution < 1.29 is 0 Å². The molecule has 0 aliphatic carbocycles. The van der Waals surface area contributed by atoms with E-state index in [1.165, 1.54) is 4.88 Å². The number of benzene rings is 1. The summed E-state index contributed by atoms with van der Waals surface area (Å²) in [6.45, 7) is 3.07. The lowest BCUT2D eigenvalue weighted by Gasteiger charge is -2.20. The normalized spacial score (nSPS) is 12.6. The fourth-order valence-corrected chi connectivity index (χ4v) is 3.98. The van der Waals surface area contributed by atoms with Gasteiger partial charge in [0.2, 0.25) is 0 Å². The molecule has 0 saturated heterocycles. The number of hydrogen-bond acceptors (Lipinski definition) is 2. The Morgan fingerprint density at radius 2 is 2.11 bits per heavy atom. The first-order valence-electron chi connectivity index (χ1n) is 6.04. The van der Waals surface area contributed by atoms with Gasteiger partial charge in [0, 0.05) is 19.4 Å². The van der Waals surface area contributed by atoms with E-state index >= 15 is 0 Å². The van der Waals surface area contributed by atoms with Crippen LogP contribution < -0.4 is 5.32 Å². The highest BCUT2D eigenvalue weighted by Gasteiger charge is 2.20. The van der Waals surface area contributed by atoms with Crippen LogP contribution in [0, 0.1) is 0 Å². The van der Waals surface area contributed by atoms with E-state index in [2.05, 4.69) is 39.6 Å². The molecule has 0 radical (unpaired) electrons. The minimum Gasteiger partial charge on any atom is -0.306 e. The molecule has 1 aromatic heterocycles. The maximum atomic E-state index is 6.33. The van der Waals surface area contributed by atoms with Gasteiger partial charge in [-0.15, -0.1) is 11.3 Å². The van der Waals surface area contributed by atoms with Crippen LogP contribution in [0.3, 0.4) is 0 Å². The van der Waals surface area contributed by atoms with Crippen LogP contribution in [-0.2, 0) is 0 Å². The molecule has 2 aromatic rings. The first-order chi connectivity index (χ1) is 9.13. The average molecular weight is 379 g/mol. The molecule has 1 atom stereocenters. The fourth-order valence-electron chi connectivity index (χ4n) is 1.88. The highest BCUT2D eigenvalue weighted by atomic mass is 79.9. The Bertz CT molecular complexity index is 556. The summed E-state index contributed by atoms with van der Waals surface area (Å²) in [6.07, 6.45) is 1.07. The quantitative estimate of drug-likeness (QED) is 0.682. The lowest BCUT2D eigenvalue weighted by atomic mass is 10.1. The molecule has 1 aromatic carbocycles. The molecule has 0 bridgehead atoms. The smallest absolute Gasteiger partial charge is 0.0697 e. The van der Waals surface area contributed by atoms with Gasteiger partial charge in [0.25, 0.3) is 0 Å². The molecule has 0 fully saturated rings. The largest absolute Gasteiger partial charge is 0.306 e. The van der Waals surface area contributed by atoms with Crippen LogP contribution in [0.15, 0.2) is 34.1 Å². The Balaban J connectivity index is 2.42.